The number of benzene rings is 1. The van der Waals surface area contributed by atoms with E-state index in [1.54, 1.807) is 13.2 Å². The minimum absolute atomic E-state index is 0.271. The van der Waals surface area contributed by atoms with E-state index in [0.29, 0.717) is 5.75 Å². The predicted octanol–water partition coefficient (Wildman–Crippen LogP) is 3.02. The zero-order chi connectivity index (χ0) is 12.7. The Kier molecular flexibility index (Phi) is 5.84. The van der Waals surface area contributed by atoms with Crippen molar-refractivity contribution >= 4 is 0 Å². The molecular weight excluding hydrogens is 214 g/mol. The summed E-state index contributed by atoms with van der Waals surface area (Å²) in [6, 6.07) is 5.66. The summed E-state index contributed by atoms with van der Waals surface area (Å²) in [4.78, 5) is 2.36. The van der Waals surface area contributed by atoms with Gasteiger partial charge in [-0.2, -0.15) is 0 Å². The summed E-state index contributed by atoms with van der Waals surface area (Å²) in [5.41, 5.74) is 0.936. The van der Waals surface area contributed by atoms with E-state index in [-0.39, 0.29) is 5.75 Å². The lowest BCUT2D eigenvalue weighted by atomic mass is 10.1. The van der Waals surface area contributed by atoms with Crippen LogP contribution in [0, 0.1) is 0 Å². The molecule has 0 fully saturated rings. The van der Waals surface area contributed by atoms with E-state index >= 15 is 0 Å². The molecule has 0 aromatic heterocycles. The van der Waals surface area contributed by atoms with Crippen LogP contribution >= 0.6 is 0 Å². The fraction of sp³-hybridized carbons (Fsp3) is 0.571. The van der Waals surface area contributed by atoms with Gasteiger partial charge in [-0.25, -0.2) is 0 Å². The topological polar surface area (TPSA) is 32.7 Å². The molecular formula is C14H23NO2. The quantitative estimate of drug-likeness (QED) is 0.791. The minimum Gasteiger partial charge on any atom is -0.504 e. The normalized spacial score (nSPS) is 10.8. The van der Waals surface area contributed by atoms with Gasteiger partial charge in [0.1, 0.15) is 0 Å². The molecule has 0 aliphatic carbocycles. The molecule has 0 atom stereocenters. The lowest BCUT2D eigenvalue weighted by Crippen LogP contribution is -2.24. The maximum Gasteiger partial charge on any atom is 0.162 e. The molecule has 0 bridgehead atoms. The second kappa shape index (κ2) is 7.17. The summed E-state index contributed by atoms with van der Waals surface area (Å²) in [6.07, 6.45) is 2.26. The molecule has 96 valence electrons. The Morgan fingerprint density at radius 3 is 2.35 bits per heavy atom. The van der Waals surface area contributed by atoms with Crippen molar-refractivity contribution in [2.45, 2.75) is 33.2 Å². The average Bonchev–Trinajstić information content (AvgIpc) is 2.32. The summed E-state index contributed by atoms with van der Waals surface area (Å²) >= 11 is 0. The summed E-state index contributed by atoms with van der Waals surface area (Å²) in [7, 11) is 1.58. The van der Waals surface area contributed by atoms with Crippen LogP contribution in [0.25, 0.3) is 0 Å². The molecule has 0 aliphatic heterocycles. The Morgan fingerprint density at radius 2 is 1.82 bits per heavy atom. The van der Waals surface area contributed by atoms with E-state index in [4.69, 9.17) is 4.74 Å². The standard InChI is InChI=1S/C14H23NO2/c1-4-9-15(10-5-2)11-12-7-6-8-13(17-3)14(12)16/h6-8,16H,4-5,9-11H2,1-3H3. The average molecular weight is 237 g/mol. The summed E-state index contributed by atoms with van der Waals surface area (Å²) in [5, 5.41) is 10.0. The second-order valence-electron chi connectivity index (χ2n) is 4.24. The van der Waals surface area contributed by atoms with Crippen LogP contribution in [0.3, 0.4) is 0 Å². The van der Waals surface area contributed by atoms with E-state index in [9.17, 15) is 5.11 Å². The third-order valence-electron chi connectivity index (χ3n) is 2.78. The number of para-hydroxylation sites is 1. The van der Waals surface area contributed by atoms with Gasteiger partial charge in [0.2, 0.25) is 0 Å². The van der Waals surface area contributed by atoms with Gasteiger partial charge in [-0.3, -0.25) is 4.90 Å². The zero-order valence-corrected chi connectivity index (χ0v) is 11.1. The van der Waals surface area contributed by atoms with Crippen molar-refractivity contribution in [3.05, 3.63) is 23.8 Å². The summed E-state index contributed by atoms with van der Waals surface area (Å²) < 4.78 is 5.12. The molecule has 0 spiro atoms. The Labute approximate surface area is 104 Å². The molecule has 1 rings (SSSR count). The minimum atomic E-state index is 0.271. The Bertz CT molecular complexity index is 333. The molecule has 1 aromatic rings. The molecule has 0 unspecified atom stereocenters. The third-order valence-corrected chi connectivity index (χ3v) is 2.78. The number of rotatable bonds is 7. The van der Waals surface area contributed by atoms with Crippen LogP contribution in [-0.2, 0) is 6.54 Å². The zero-order valence-electron chi connectivity index (χ0n) is 11.1. The Hall–Kier alpha value is -1.22. The van der Waals surface area contributed by atoms with Gasteiger partial charge >= 0.3 is 0 Å². The van der Waals surface area contributed by atoms with Crippen molar-refractivity contribution in [2.24, 2.45) is 0 Å². The molecule has 1 N–H and O–H groups in total. The predicted molar refractivity (Wildman–Crippen MR) is 70.5 cm³/mol. The van der Waals surface area contributed by atoms with Crippen LogP contribution in [0.4, 0.5) is 0 Å². The molecule has 3 nitrogen and oxygen atoms in total. The smallest absolute Gasteiger partial charge is 0.162 e. The molecule has 0 aliphatic rings. The molecule has 0 saturated carbocycles. The highest BCUT2D eigenvalue weighted by Gasteiger charge is 2.10. The molecule has 0 amide bonds. The molecule has 0 heterocycles. The number of hydrogen-bond donors (Lipinski definition) is 1. The van der Waals surface area contributed by atoms with Gasteiger partial charge in [0.25, 0.3) is 0 Å². The maximum atomic E-state index is 10.0. The van der Waals surface area contributed by atoms with E-state index in [1.165, 1.54) is 0 Å². The Morgan fingerprint density at radius 1 is 1.18 bits per heavy atom. The molecule has 0 radical (unpaired) electrons. The maximum absolute atomic E-state index is 10.0. The Balaban J connectivity index is 2.77. The highest BCUT2D eigenvalue weighted by Crippen LogP contribution is 2.30. The van der Waals surface area contributed by atoms with Crippen LogP contribution < -0.4 is 4.74 Å². The monoisotopic (exact) mass is 237 g/mol. The van der Waals surface area contributed by atoms with Gasteiger partial charge in [-0.1, -0.05) is 26.0 Å². The van der Waals surface area contributed by atoms with Crippen LogP contribution in [0.1, 0.15) is 32.3 Å². The molecule has 1 aromatic carbocycles. The number of methoxy groups -OCH3 is 1. The van der Waals surface area contributed by atoms with Crippen LogP contribution in [-0.4, -0.2) is 30.2 Å². The summed E-state index contributed by atoms with van der Waals surface area (Å²) in [5.74, 6) is 0.822. The van der Waals surface area contributed by atoms with E-state index < -0.39 is 0 Å². The van der Waals surface area contributed by atoms with Gasteiger partial charge in [0.15, 0.2) is 11.5 Å². The van der Waals surface area contributed by atoms with E-state index in [0.717, 1.165) is 38.0 Å². The molecule has 3 heteroatoms. The summed E-state index contributed by atoms with van der Waals surface area (Å²) in [6.45, 7) is 7.25. The molecule has 17 heavy (non-hydrogen) atoms. The van der Waals surface area contributed by atoms with Crippen molar-refractivity contribution < 1.29 is 9.84 Å². The van der Waals surface area contributed by atoms with Gasteiger partial charge in [-0.05, 0) is 32.0 Å². The number of phenols is 1. The largest absolute Gasteiger partial charge is 0.504 e. The number of hydrogen-bond acceptors (Lipinski definition) is 3. The van der Waals surface area contributed by atoms with Crippen LogP contribution in [0.5, 0.6) is 11.5 Å². The second-order valence-corrected chi connectivity index (χ2v) is 4.24. The van der Waals surface area contributed by atoms with Crippen molar-refractivity contribution in [3.63, 3.8) is 0 Å². The van der Waals surface area contributed by atoms with Gasteiger partial charge in [0, 0.05) is 12.1 Å². The van der Waals surface area contributed by atoms with Gasteiger partial charge in [0.05, 0.1) is 7.11 Å². The van der Waals surface area contributed by atoms with Crippen molar-refractivity contribution in [3.8, 4) is 11.5 Å². The number of aromatic hydroxyl groups is 1. The highest BCUT2D eigenvalue weighted by molar-refractivity contribution is 5.45. The van der Waals surface area contributed by atoms with Gasteiger partial charge < -0.3 is 9.84 Å². The van der Waals surface area contributed by atoms with E-state index in [1.807, 2.05) is 12.1 Å². The first-order valence-electron chi connectivity index (χ1n) is 6.30. The lowest BCUT2D eigenvalue weighted by molar-refractivity contribution is 0.261. The van der Waals surface area contributed by atoms with Crippen LogP contribution in [0.2, 0.25) is 0 Å². The van der Waals surface area contributed by atoms with Gasteiger partial charge in [-0.15, -0.1) is 0 Å². The van der Waals surface area contributed by atoms with Crippen molar-refractivity contribution in [1.29, 1.82) is 0 Å². The number of phenolic OH excluding ortho intramolecular Hbond substituents is 1. The number of nitrogens with zero attached hydrogens (tertiary/aromatic N) is 1. The SMILES string of the molecule is CCCN(CCC)Cc1cccc(OC)c1O. The fourth-order valence-electron chi connectivity index (χ4n) is 2.00. The van der Waals surface area contributed by atoms with Crippen molar-refractivity contribution in [1.82, 2.24) is 4.90 Å². The first-order chi connectivity index (χ1) is 8.22. The number of ether oxygens (including phenoxy) is 1. The third kappa shape index (κ3) is 3.93. The lowest BCUT2D eigenvalue weighted by Gasteiger charge is -2.21. The van der Waals surface area contributed by atoms with Crippen LogP contribution in [0.15, 0.2) is 18.2 Å². The first kappa shape index (κ1) is 13.8. The fourth-order valence-corrected chi connectivity index (χ4v) is 2.00. The molecule has 0 saturated heterocycles. The highest BCUT2D eigenvalue weighted by atomic mass is 16.5. The van der Waals surface area contributed by atoms with E-state index in [2.05, 4.69) is 18.7 Å². The van der Waals surface area contributed by atoms with Crippen molar-refractivity contribution in [2.75, 3.05) is 20.2 Å². The first-order valence-corrected chi connectivity index (χ1v) is 6.30.